The SMILES string of the molecule is C[C@H]1CCCC[C@@H]1N(C)C(=O)CN(C)Cc1nc2ccccc2s1. The number of para-hydroxylation sites is 1. The normalized spacial score (nSPS) is 21.3. The number of carbonyl (C=O) groups is 1. The molecule has 0 bridgehead atoms. The second kappa shape index (κ2) is 7.62. The summed E-state index contributed by atoms with van der Waals surface area (Å²) < 4.78 is 1.21. The Kier molecular flexibility index (Phi) is 5.51. The summed E-state index contributed by atoms with van der Waals surface area (Å²) in [5.41, 5.74) is 1.05. The third-order valence-corrected chi connectivity index (χ3v) is 6.13. The van der Waals surface area contributed by atoms with E-state index in [-0.39, 0.29) is 5.91 Å². The van der Waals surface area contributed by atoms with Crippen LogP contribution in [0.2, 0.25) is 0 Å². The van der Waals surface area contributed by atoms with Crippen molar-refractivity contribution < 1.29 is 4.79 Å². The summed E-state index contributed by atoms with van der Waals surface area (Å²) in [5.74, 6) is 0.833. The Morgan fingerprint density at radius 1 is 1.25 bits per heavy atom. The van der Waals surface area contributed by atoms with Gasteiger partial charge < -0.3 is 4.90 Å². The van der Waals surface area contributed by atoms with Crippen molar-refractivity contribution in [2.75, 3.05) is 20.6 Å². The second-order valence-electron chi connectivity index (χ2n) is 7.08. The molecule has 2 atom stereocenters. The van der Waals surface area contributed by atoms with Crippen molar-refractivity contribution >= 4 is 27.5 Å². The molecule has 4 nitrogen and oxygen atoms in total. The van der Waals surface area contributed by atoms with Gasteiger partial charge in [-0.05, 0) is 37.9 Å². The number of hydrogen-bond acceptors (Lipinski definition) is 4. The molecule has 1 aliphatic carbocycles. The molecule has 1 aliphatic rings. The number of carbonyl (C=O) groups excluding carboxylic acids is 1. The molecular formula is C19H27N3OS. The van der Waals surface area contributed by atoms with Crippen molar-refractivity contribution in [1.29, 1.82) is 0 Å². The lowest BCUT2D eigenvalue weighted by atomic mass is 9.85. The van der Waals surface area contributed by atoms with E-state index in [1.54, 1.807) is 11.3 Å². The number of hydrogen-bond donors (Lipinski definition) is 0. The molecule has 1 aromatic heterocycles. The molecule has 0 N–H and O–H groups in total. The molecule has 0 aliphatic heterocycles. The highest BCUT2D eigenvalue weighted by molar-refractivity contribution is 7.18. The van der Waals surface area contributed by atoms with Gasteiger partial charge in [-0.25, -0.2) is 4.98 Å². The van der Waals surface area contributed by atoms with Crippen molar-refractivity contribution in [3.63, 3.8) is 0 Å². The van der Waals surface area contributed by atoms with Gasteiger partial charge in [0.25, 0.3) is 0 Å². The minimum atomic E-state index is 0.220. The van der Waals surface area contributed by atoms with Crippen LogP contribution in [0.25, 0.3) is 10.2 Å². The summed E-state index contributed by atoms with van der Waals surface area (Å²) in [7, 11) is 3.97. The van der Waals surface area contributed by atoms with Crippen LogP contribution in [0.3, 0.4) is 0 Å². The predicted octanol–water partition coefficient (Wildman–Crippen LogP) is 3.77. The summed E-state index contributed by atoms with van der Waals surface area (Å²) in [6, 6.07) is 8.60. The van der Waals surface area contributed by atoms with Gasteiger partial charge in [-0.2, -0.15) is 0 Å². The third kappa shape index (κ3) is 3.95. The number of thiazole rings is 1. The lowest BCUT2D eigenvalue weighted by Gasteiger charge is -2.37. The molecule has 2 aromatic rings. The molecule has 1 fully saturated rings. The van der Waals surface area contributed by atoms with E-state index in [4.69, 9.17) is 0 Å². The van der Waals surface area contributed by atoms with Gasteiger partial charge in [-0.3, -0.25) is 9.69 Å². The van der Waals surface area contributed by atoms with E-state index in [2.05, 4.69) is 22.9 Å². The summed E-state index contributed by atoms with van der Waals surface area (Å²) in [6.45, 7) is 3.45. The summed E-state index contributed by atoms with van der Waals surface area (Å²) in [5, 5.41) is 1.07. The highest BCUT2D eigenvalue weighted by atomic mass is 32.1. The van der Waals surface area contributed by atoms with Crippen LogP contribution in [0.1, 0.15) is 37.6 Å². The number of fused-ring (bicyclic) bond motifs is 1. The first-order valence-electron chi connectivity index (χ1n) is 8.83. The summed E-state index contributed by atoms with van der Waals surface area (Å²) in [4.78, 5) is 21.3. The van der Waals surface area contributed by atoms with Crippen molar-refractivity contribution in [2.45, 2.75) is 45.2 Å². The van der Waals surface area contributed by atoms with Gasteiger partial charge in [0.15, 0.2) is 0 Å². The summed E-state index contributed by atoms with van der Waals surface area (Å²) >= 11 is 1.71. The minimum absolute atomic E-state index is 0.220. The number of aromatic nitrogens is 1. The maximum atomic E-state index is 12.6. The average molecular weight is 346 g/mol. The van der Waals surface area contributed by atoms with E-state index < -0.39 is 0 Å². The van der Waals surface area contributed by atoms with Crippen LogP contribution in [-0.2, 0) is 11.3 Å². The van der Waals surface area contributed by atoms with E-state index in [0.29, 0.717) is 18.5 Å². The van der Waals surface area contributed by atoms with Crippen molar-refractivity contribution in [3.8, 4) is 0 Å². The lowest BCUT2D eigenvalue weighted by molar-refractivity contribution is -0.134. The summed E-state index contributed by atoms with van der Waals surface area (Å²) in [6.07, 6.45) is 4.93. The van der Waals surface area contributed by atoms with Gasteiger partial charge in [0, 0.05) is 13.1 Å². The highest BCUT2D eigenvalue weighted by Crippen LogP contribution is 2.27. The van der Waals surface area contributed by atoms with Crippen LogP contribution < -0.4 is 0 Å². The first kappa shape index (κ1) is 17.4. The monoisotopic (exact) mass is 345 g/mol. The molecule has 3 rings (SSSR count). The first-order valence-corrected chi connectivity index (χ1v) is 9.65. The zero-order valence-electron chi connectivity index (χ0n) is 14.9. The molecular weight excluding hydrogens is 318 g/mol. The smallest absolute Gasteiger partial charge is 0.236 e. The Labute approximate surface area is 148 Å². The molecule has 1 heterocycles. The molecule has 130 valence electrons. The standard InChI is InChI=1S/C19H27N3OS/c1-14-8-4-6-10-16(14)22(3)19(23)13-21(2)12-18-20-15-9-5-7-11-17(15)24-18/h5,7,9,11,14,16H,4,6,8,10,12-13H2,1-3H3/t14-,16-/m0/s1. The number of likely N-dealkylation sites (N-methyl/N-ethyl adjacent to an activating group) is 2. The van der Waals surface area contributed by atoms with Crippen LogP contribution in [0.4, 0.5) is 0 Å². The third-order valence-electron chi connectivity index (χ3n) is 5.11. The Hall–Kier alpha value is -1.46. The lowest BCUT2D eigenvalue weighted by Crippen LogP contribution is -2.46. The molecule has 5 heteroatoms. The van der Waals surface area contributed by atoms with Crippen molar-refractivity contribution in [2.24, 2.45) is 5.92 Å². The number of nitrogens with zero attached hydrogens (tertiary/aromatic N) is 3. The Morgan fingerprint density at radius 2 is 2.00 bits per heavy atom. The number of rotatable bonds is 5. The number of amides is 1. The molecule has 0 saturated heterocycles. The molecule has 1 amide bonds. The van der Waals surface area contributed by atoms with Crippen LogP contribution in [0.15, 0.2) is 24.3 Å². The van der Waals surface area contributed by atoms with Crippen LogP contribution in [-0.4, -0.2) is 47.4 Å². The molecule has 1 aromatic carbocycles. The van der Waals surface area contributed by atoms with Gasteiger partial charge in [-0.15, -0.1) is 11.3 Å². The number of benzene rings is 1. The fraction of sp³-hybridized carbons (Fsp3) is 0.579. The maximum absolute atomic E-state index is 12.6. The zero-order chi connectivity index (χ0) is 17.1. The molecule has 0 spiro atoms. The van der Waals surface area contributed by atoms with Crippen molar-refractivity contribution in [3.05, 3.63) is 29.3 Å². The average Bonchev–Trinajstić information content (AvgIpc) is 2.96. The molecule has 24 heavy (non-hydrogen) atoms. The largest absolute Gasteiger partial charge is 0.341 e. The quantitative estimate of drug-likeness (QED) is 0.828. The van der Waals surface area contributed by atoms with Crippen LogP contribution >= 0.6 is 11.3 Å². The van der Waals surface area contributed by atoms with Gasteiger partial charge in [-0.1, -0.05) is 31.9 Å². The minimum Gasteiger partial charge on any atom is -0.341 e. The Balaban J connectivity index is 1.57. The fourth-order valence-corrected chi connectivity index (χ4v) is 4.72. The van der Waals surface area contributed by atoms with E-state index >= 15 is 0 Å². The van der Waals surface area contributed by atoms with Crippen molar-refractivity contribution in [1.82, 2.24) is 14.8 Å². The van der Waals surface area contributed by atoms with E-state index in [1.807, 2.05) is 37.2 Å². The molecule has 1 saturated carbocycles. The van der Waals surface area contributed by atoms with Gasteiger partial charge in [0.05, 0.1) is 23.3 Å². The predicted molar refractivity (Wildman–Crippen MR) is 100 cm³/mol. The van der Waals surface area contributed by atoms with Gasteiger partial charge >= 0.3 is 0 Å². The van der Waals surface area contributed by atoms with Crippen LogP contribution in [0, 0.1) is 5.92 Å². The van der Waals surface area contributed by atoms with E-state index in [9.17, 15) is 4.79 Å². The topological polar surface area (TPSA) is 36.4 Å². The fourth-order valence-electron chi connectivity index (χ4n) is 3.67. The highest BCUT2D eigenvalue weighted by Gasteiger charge is 2.28. The second-order valence-corrected chi connectivity index (χ2v) is 8.20. The maximum Gasteiger partial charge on any atom is 0.236 e. The first-order chi connectivity index (χ1) is 11.5. The zero-order valence-corrected chi connectivity index (χ0v) is 15.7. The Bertz CT molecular complexity index is 666. The molecule has 0 unspecified atom stereocenters. The molecule has 0 radical (unpaired) electrons. The van der Waals surface area contributed by atoms with Crippen LogP contribution in [0.5, 0.6) is 0 Å². The Morgan fingerprint density at radius 3 is 2.75 bits per heavy atom. The van der Waals surface area contributed by atoms with Gasteiger partial charge in [0.2, 0.25) is 5.91 Å². The van der Waals surface area contributed by atoms with Gasteiger partial charge in [0.1, 0.15) is 5.01 Å². The van der Waals surface area contributed by atoms with E-state index in [1.165, 1.54) is 24.0 Å². The van der Waals surface area contributed by atoms with E-state index in [0.717, 1.165) is 23.5 Å².